The summed E-state index contributed by atoms with van der Waals surface area (Å²) in [4.78, 5) is 28.5. The van der Waals surface area contributed by atoms with Crippen molar-refractivity contribution in [3.05, 3.63) is 40.3 Å². The van der Waals surface area contributed by atoms with Crippen LogP contribution in [0.25, 0.3) is 6.08 Å². The lowest BCUT2D eigenvalue weighted by atomic mass is 10.1. The van der Waals surface area contributed by atoms with Crippen molar-refractivity contribution in [2.45, 2.75) is 19.4 Å². The number of thioether (sulfide) groups is 1. The maximum absolute atomic E-state index is 12.8. The van der Waals surface area contributed by atoms with Gasteiger partial charge in [-0.05, 0) is 37.1 Å². The molecule has 0 spiro atoms. The van der Waals surface area contributed by atoms with E-state index in [1.165, 1.54) is 16.7 Å². The summed E-state index contributed by atoms with van der Waals surface area (Å²) in [6, 6.07) is 6.68. The summed E-state index contributed by atoms with van der Waals surface area (Å²) in [5.41, 5.74) is 1.30. The highest BCUT2D eigenvalue weighted by molar-refractivity contribution is 8.26. The number of benzene rings is 1. The van der Waals surface area contributed by atoms with Crippen LogP contribution in [0, 0.1) is 0 Å². The molecular formula is C18H20N2O4S3. The third-order valence-corrected chi connectivity index (χ3v) is 7.93. The van der Waals surface area contributed by atoms with Gasteiger partial charge >= 0.3 is 0 Å². The van der Waals surface area contributed by atoms with Gasteiger partial charge in [-0.1, -0.05) is 36.1 Å². The molecule has 2 aliphatic heterocycles. The van der Waals surface area contributed by atoms with Gasteiger partial charge in [-0.2, -0.15) is 0 Å². The fourth-order valence-electron chi connectivity index (χ4n) is 3.17. The predicted octanol–water partition coefficient (Wildman–Crippen LogP) is 2.17. The van der Waals surface area contributed by atoms with Crippen molar-refractivity contribution in [1.82, 2.24) is 9.80 Å². The first-order chi connectivity index (χ1) is 12.7. The van der Waals surface area contributed by atoms with E-state index in [4.69, 9.17) is 12.2 Å². The number of thiocarbonyl (C=S) groups is 1. The lowest BCUT2D eigenvalue weighted by Gasteiger charge is -2.27. The molecule has 1 aromatic carbocycles. The second-order valence-electron chi connectivity index (χ2n) is 6.51. The van der Waals surface area contributed by atoms with Gasteiger partial charge < -0.3 is 4.90 Å². The van der Waals surface area contributed by atoms with E-state index in [-0.39, 0.29) is 29.4 Å². The van der Waals surface area contributed by atoms with E-state index in [0.29, 0.717) is 27.8 Å². The van der Waals surface area contributed by atoms with Crippen molar-refractivity contribution >= 4 is 56.0 Å². The lowest BCUT2D eigenvalue weighted by Crippen LogP contribution is -2.40. The molecule has 2 saturated heterocycles. The zero-order valence-electron chi connectivity index (χ0n) is 15.0. The Kier molecular flexibility index (Phi) is 5.73. The molecule has 2 aliphatic rings. The summed E-state index contributed by atoms with van der Waals surface area (Å²) in [7, 11) is -1.41. The standard InChI is InChI=1S/C18H20N2O4S3/c1-3-20(14-8-9-27(23,24)11-14)16(21)13-6-4-12(5-7-13)10-15-17(22)19(2)18(25)26-15/h4-7,10,14H,3,8-9,11H2,1-2H3/b15-10-. The van der Waals surface area contributed by atoms with Crippen LogP contribution in [0.15, 0.2) is 29.2 Å². The topological polar surface area (TPSA) is 74.8 Å². The smallest absolute Gasteiger partial charge is 0.265 e. The van der Waals surface area contributed by atoms with Gasteiger partial charge in [-0.15, -0.1) is 0 Å². The number of carbonyl (C=O) groups excluding carboxylic acids is 2. The zero-order valence-corrected chi connectivity index (χ0v) is 17.5. The number of sulfone groups is 1. The summed E-state index contributed by atoms with van der Waals surface area (Å²) < 4.78 is 23.9. The maximum atomic E-state index is 12.8. The molecule has 1 aromatic rings. The normalized spacial score (nSPS) is 23.3. The summed E-state index contributed by atoms with van der Waals surface area (Å²) in [5, 5.41) is 0. The number of likely N-dealkylation sites (N-methyl/N-ethyl adjacent to an activating group) is 1. The minimum atomic E-state index is -3.05. The number of carbonyl (C=O) groups is 2. The fraction of sp³-hybridized carbons (Fsp3) is 0.389. The van der Waals surface area contributed by atoms with Crippen LogP contribution < -0.4 is 0 Å². The minimum Gasteiger partial charge on any atom is -0.335 e. The first-order valence-electron chi connectivity index (χ1n) is 8.55. The molecule has 0 aromatic heterocycles. The molecule has 144 valence electrons. The molecule has 9 heteroatoms. The number of nitrogens with zero attached hydrogens (tertiary/aromatic N) is 2. The Balaban J connectivity index is 1.76. The van der Waals surface area contributed by atoms with Gasteiger partial charge in [0.15, 0.2) is 9.84 Å². The van der Waals surface area contributed by atoms with E-state index in [2.05, 4.69) is 0 Å². The highest BCUT2D eigenvalue weighted by atomic mass is 32.2. The second-order valence-corrected chi connectivity index (χ2v) is 10.4. The largest absolute Gasteiger partial charge is 0.335 e. The maximum Gasteiger partial charge on any atom is 0.265 e. The van der Waals surface area contributed by atoms with E-state index >= 15 is 0 Å². The van der Waals surface area contributed by atoms with Crippen LogP contribution in [-0.2, 0) is 14.6 Å². The van der Waals surface area contributed by atoms with Gasteiger partial charge in [0.2, 0.25) is 0 Å². The van der Waals surface area contributed by atoms with Gasteiger partial charge in [-0.3, -0.25) is 14.5 Å². The number of hydrogen-bond donors (Lipinski definition) is 0. The zero-order chi connectivity index (χ0) is 19.8. The Morgan fingerprint density at radius 1 is 1.37 bits per heavy atom. The highest BCUT2D eigenvalue weighted by Gasteiger charge is 2.34. The number of rotatable bonds is 4. The molecule has 2 fully saturated rings. The summed E-state index contributed by atoms with van der Waals surface area (Å²) in [5.74, 6) is -0.143. The van der Waals surface area contributed by atoms with Crippen LogP contribution in [0.1, 0.15) is 29.3 Å². The average molecular weight is 425 g/mol. The summed E-state index contributed by atoms with van der Waals surface area (Å²) in [6.07, 6.45) is 2.23. The monoisotopic (exact) mass is 424 g/mol. The molecule has 0 aliphatic carbocycles. The van der Waals surface area contributed by atoms with E-state index in [1.54, 1.807) is 42.3 Å². The first kappa shape index (κ1) is 20.0. The average Bonchev–Trinajstić information content (AvgIpc) is 3.10. The van der Waals surface area contributed by atoms with Crippen molar-refractivity contribution in [2.24, 2.45) is 0 Å². The second kappa shape index (κ2) is 7.73. The Morgan fingerprint density at radius 3 is 2.52 bits per heavy atom. The van der Waals surface area contributed by atoms with Crippen molar-refractivity contribution in [1.29, 1.82) is 0 Å². The molecule has 0 bridgehead atoms. The van der Waals surface area contributed by atoms with Crippen LogP contribution in [0.3, 0.4) is 0 Å². The molecule has 2 amide bonds. The van der Waals surface area contributed by atoms with Crippen LogP contribution in [-0.4, -0.2) is 65.5 Å². The van der Waals surface area contributed by atoms with Crippen LogP contribution in [0.5, 0.6) is 0 Å². The third kappa shape index (κ3) is 4.25. The quantitative estimate of drug-likeness (QED) is 0.545. The molecule has 0 saturated carbocycles. The molecule has 1 unspecified atom stereocenters. The van der Waals surface area contributed by atoms with Crippen molar-refractivity contribution in [2.75, 3.05) is 25.1 Å². The molecular weight excluding hydrogens is 404 g/mol. The van der Waals surface area contributed by atoms with E-state index in [1.807, 2.05) is 6.92 Å². The minimum absolute atomic E-state index is 0.0313. The SMILES string of the molecule is CCN(C(=O)c1ccc(/C=C2\SC(=S)N(C)C2=O)cc1)C1CCS(=O)(=O)C1. The molecule has 2 heterocycles. The van der Waals surface area contributed by atoms with E-state index in [9.17, 15) is 18.0 Å². The van der Waals surface area contributed by atoms with Crippen molar-refractivity contribution in [3.63, 3.8) is 0 Å². The fourth-order valence-corrected chi connectivity index (χ4v) is 6.08. The molecule has 0 radical (unpaired) electrons. The molecule has 6 nitrogen and oxygen atoms in total. The van der Waals surface area contributed by atoms with Gasteiger partial charge in [0.05, 0.1) is 16.4 Å². The summed E-state index contributed by atoms with van der Waals surface area (Å²) >= 11 is 6.36. The van der Waals surface area contributed by atoms with Crippen LogP contribution in [0.2, 0.25) is 0 Å². The van der Waals surface area contributed by atoms with Gasteiger partial charge in [0.1, 0.15) is 4.32 Å². The lowest BCUT2D eigenvalue weighted by molar-refractivity contribution is -0.121. The van der Waals surface area contributed by atoms with Gasteiger partial charge in [-0.25, -0.2) is 8.42 Å². The number of amides is 2. The Hall–Kier alpha value is -1.71. The van der Waals surface area contributed by atoms with Crippen molar-refractivity contribution in [3.8, 4) is 0 Å². The van der Waals surface area contributed by atoms with Gasteiger partial charge in [0, 0.05) is 25.2 Å². The Bertz CT molecular complexity index is 922. The number of hydrogen-bond acceptors (Lipinski definition) is 6. The predicted molar refractivity (Wildman–Crippen MR) is 111 cm³/mol. The Labute approximate surface area is 168 Å². The van der Waals surface area contributed by atoms with E-state index in [0.717, 1.165) is 5.56 Å². The third-order valence-electron chi connectivity index (χ3n) is 4.69. The first-order valence-corrected chi connectivity index (χ1v) is 11.6. The Morgan fingerprint density at radius 2 is 2.04 bits per heavy atom. The molecule has 27 heavy (non-hydrogen) atoms. The molecule has 1 atom stereocenters. The van der Waals surface area contributed by atoms with Crippen LogP contribution in [0.4, 0.5) is 0 Å². The van der Waals surface area contributed by atoms with E-state index < -0.39 is 9.84 Å². The van der Waals surface area contributed by atoms with Gasteiger partial charge in [0.25, 0.3) is 11.8 Å². The highest BCUT2D eigenvalue weighted by Crippen LogP contribution is 2.31. The molecule has 0 N–H and O–H groups in total. The van der Waals surface area contributed by atoms with Crippen molar-refractivity contribution < 1.29 is 18.0 Å². The van der Waals surface area contributed by atoms with Crippen LogP contribution >= 0.6 is 24.0 Å². The molecule has 3 rings (SSSR count). The summed E-state index contributed by atoms with van der Waals surface area (Å²) in [6.45, 7) is 2.31.